The quantitative estimate of drug-likeness (QED) is 0.0658. The number of unbranched alkanes of at least 4 members (excludes halogenated alkanes) is 9. The van der Waals surface area contributed by atoms with E-state index in [1.807, 2.05) is 7.05 Å². The Hall–Kier alpha value is -1.81. The molecule has 0 saturated heterocycles. The Kier molecular flexibility index (Phi) is 20.9. The summed E-state index contributed by atoms with van der Waals surface area (Å²) in [6.45, 7) is 17.7. The molecular weight excluding hydrogens is 552 g/mol. The van der Waals surface area contributed by atoms with Crippen LogP contribution in [0.5, 0.6) is 0 Å². The smallest absolute Gasteiger partial charge is 0.414 e. The average molecular weight is 615 g/mol. The number of nitrogens with one attached hydrogen (secondary N) is 2. The Morgan fingerprint density at radius 2 is 1.26 bits per heavy atom. The lowest BCUT2D eigenvalue weighted by atomic mass is 10.0. The SMILES string of the molecule is CCCCCCCCCCCCC(C)CN(C)C(SCCN=C(NC(=O)OC(C)(C)C)NC(=O)OC(C)(C)C)C(C)=O. The van der Waals surface area contributed by atoms with Crippen molar-refractivity contribution in [3.05, 3.63) is 0 Å². The molecule has 0 aliphatic carbocycles. The van der Waals surface area contributed by atoms with Crippen LogP contribution in [0.1, 0.15) is 133 Å². The maximum atomic E-state index is 12.4. The molecule has 0 radical (unpaired) electrons. The van der Waals surface area contributed by atoms with Gasteiger partial charge in [0, 0.05) is 12.3 Å². The van der Waals surface area contributed by atoms with E-state index < -0.39 is 23.4 Å². The van der Waals surface area contributed by atoms with Gasteiger partial charge in [-0.25, -0.2) is 9.59 Å². The number of ketones is 1. The van der Waals surface area contributed by atoms with Gasteiger partial charge in [-0.3, -0.25) is 25.3 Å². The zero-order valence-corrected chi connectivity index (χ0v) is 29.2. The second-order valence-electron chi connectivity index (χ2n) is 13.3. The minimum absolute atomic E-state index is 0.0584. The van der Waals surface area contributed by atoms with Crippen molar-refractivity contribution in [1.82, 2.24) is 15.5 Å². The van der Waals surface area contributed by atoms with Crippen molar-refractivity contribution >= 4 is 35.7 Å². The van der Waals surface area contributed by atoms with Gasteiger partial charge in [0.1, 0.15) is 16.6 Å². The molecule has 0 aliphatic heterocycles. The Bertz CT molecular complexity index is 776. The number of hydrogen-bond acceptors (Lipinski definition) is 8. The maximum absolute atomic E-state index is 12.4. The molecule has 0 aromatic rings. The van der Waals surface area contributed by atoms with E-state index in [9.17, 15) is 14.4 Å². The molecule has 0 spiro atoms. The van der Waals surface area contributed by atoms with Crippen LogP contribution >= 0.6 is 11.8 Å². The first-order chi connectivity index (χ1) is 19.5. The van der Waals surface area contributed by atoms with E-state index in [0.29, 0.717) is 11.7 Å². The van der Waals surface area contributed by atoms with Crippen molar-refractivity contribution in [2.45, 2.75) is 150 Å². The molecule has 0 saturated carbocycles. The van der Waals surface area contributed by atoms with Crippen LogP contribution in [0.25, 0.3) is 0 Å². The molecule has 246 valence electrons. The largest absolute Gasteiger partial charge is 0.444 e. The molecule has 0 aromatic carbocycles. The molecule has 0 aliphatic rings. The fourth-order valence-electron chi connectivity index (χ4n) is 4.45. The van der Waals surface area contributed by atoms with Crippen LogP contribution in [0.4, 0.5) is 9.59 Å². The van der Waals surface area contributed by atoms with Crippen molar-refractivity contribution < 1.29 is 23.9 Å². The molecule has 9 nitrogen and oxygen atoms in total. The van der Waals surface area contributed by atoms with Gasteiger partial charge in [-0.1, -0.05) is 78.1 Å². The topological polar surface area (TPSA) is 109 Å². The van der Waals surface area contributed by atoms with Gasteiger partial charge in [-0.2, -0.15) is 0 Å². The van der Waals surface area contributed by atoms with Gasteiger partial charge < -0.3 is 9.47 Å². The van der Waals surface area contributed by atoms with Crippen molar-refractivity contribution in [2.24, 2.45) is 10.9 Å². The normalized spacial score (nSPS) is 13.3. The Labute approximate surface area is 261 Å². The number of guanidine groups is 1. The highest BCUT2D eigenvalue weighted by molar-refractivity contribution is 8.00. The molecule has 0 fully saturated rings. The molecule has 2 unspecified atom stereocenters. The Balaban J connectivity index is 4.73. The van der Waals surface area contributed by atoms with Gasteiger partial charge in [-0.15, -0.1) is 11.8 Å². The number of likely N-dealkylation sites (N-methyl/N-ethyl adjacent to an activating group) is 1. The highest BCUT2D eigenvalue weighted by Crippen LogP contribution is 2.20. The van der Waals surface area contributed by atoms with E-state index in [-0.39, 0.29) is 23.7 Å². The molecule has 2 atom stereocenters. The van der Waals surface area contributed by atoms with E-state index in [1.165, 1.54) is 76.0 Å². The molecule has 0 bridgehead atoms. The third-order valence-electron chi connectivity index (χ3n) is 6.27. The molecule has 2 N–H and O–H groups in total. The van der Waals surface area contributed by atoms with E-state index in [2.05, 4.69) is 34.4 Å². The van der Waals surface area contributed by atoms with Crippen LogP contribution < -0.4 is 10.6 Å². The van der Waals surface area contributed by atoms with Gasteiger partial charge in [0.05, 0.1) is 6.54 Å². The summed E-state index contributed by atoms with van der Waals surface area (Å²) in [6, 6.07) is 0. The molecular formula is C32H62N4O5S. The van der Waals surface area contributed by atoms with Crippen LogP contribution in [-0.2, 0) is 14.3 Å². The second kappa shape index (κ2) is 21.8. The number of Topliss-reactive ketones (excluding diaryl/α,β-unsaturated/α-hetero) is 1. The lowest BCUT2D eigenvalue weighted by molar-refractivity contribution is -0.119. The summed E-state index contributed by atoms with van der Waals surface area (Å²) in [7, 11) is 2.00. The van der Waals surface area contributed by atoms with Crippen molar-refractivity contribution in [3.63, 3.8) is 0 Å². The first kappa shape index (κ1) is 40.2. The Morgan fingerprint density at radius 1 is 0.810 bits per heavy atom. The highest BCUT2D eigenvalue weighted by Gasteiger charge is 2.23. The van der Waals surface area contributed by atoms with Crippen LogP contribution in [-0.4, -0.2) is 71.3 Å². The van der Waals surface area contributed by atoms with Crippen molar-refractivity contribution in [3.8, 4) is 0 Å². The number of amides is 2. The minimum Gasteiger partial charge on any atom is -0.444 e. The van der Waals surface area contributed by atoms with Crippen LogP contribution in [0.15, 0.2) is 4.99 Å². The van der Waals surface area contributed by atoms with Gasteiger partial charge >= 0.3 is 12.2 Å². The van der Waals surface area contributed by atoms with E-state index >= 15 is 0 Å². The zero-order chi connectivity index (χ0) is 32.2. The van der Waals surface area contributed by atoms with Gasteiger partial charge in [0.2, 0.25) is 5.96 Å². The third-order valence-corrected chi connectivity index (χ3v) is 7.70. The summed E-state index contributed by atoms with van der Waals surface area (Å²) in [4.78, 5) is 43.5. The monoisotopic (exact) mass is 614 g/mol. The molecule has 10 heteroatoms. The number of hydrogen-bond donors (Lipinski definition) is 2. The van der Waals surface area contributed by atoms with Crippen LogP contribution in [0.3, 0.4) is 0 Å². The maximum Gasteiger partial charge on any atom is 0.414 e. The fourth-order valence-corrected chi connectivity index (χ4v) is 5.44. The molecule has 0 rings (SSSR count). The van der Waals surface area contributed by atoms with Gasteiger partial charge in [0.15, 0.2) is 5.78 Å². The first-order valence-electron chi connectivity index (χ1n) is 15.9. The molecule has 0 aromatic heterocycles. The number of thioether (sulfide) groups is 1. The fraction of sp³-hybridized carbons (Fsp3) is 0.875. The number of rotatable bonds is 19. The average Bonchev–Trinajstić information content (AvgIpc) is 2.82. The Morgan fingerprint density at radius 3 is 1.69 bits per heavy atom. The van der Waals surface area contributed by atoms with Gasteiger partial charge in [-0.05, 0) is 67.9 Å². The number of aliphatic imine (C=N–C) groups is 1. The van der Waals surface area contributed by atoms with E-state index in [0.717, 1.165) is 13.0 Å². The minimum atomic E-state index is -0.734. The molecule has 2 amide bonds. The van der Waals surface area contributed by atoms with Crippen LogP contribution in [0, 0.1) is 5.92 Å². The lowest BCUT2D eigenvalue weighted by Gasteiger charge is -2.28. The van der Waals surface area contributed by atoms with Crippen molar-refractivity contribution in [2.75, 3.05) is 25.9 Å². The predicted molar refractivity (Wildman–Crippen MR) is 176 cm³/mol. The van der Waals surface area contributed by atoms with E-state index in [4.69, 9.17) is 9.47 Å². The standard InChI is InChI=1S/C32H62N4O5S/c1-11-12-13-14-15-16-17-18-19-20-21-25(2)24-36(10)27(26(3)37)42-23-22-33-28(34-29(38)40-31(4,5)6)35-30(39)41-32(7,8)9/h25,27H,11-24H2,1-10H3,(H2,33,34,35,38,39). The molecule has 42 heavy (non-hydrogen) atoms. The van der Waals surface area contributed by atoms with Crippen molar-refractivity contribution in [1.29, 1.82) is 0 Å². The number of carbonyl (C=O) groups is 3. The van der Waals surface area contributed by atoms with Gasteiger partial charge in [0.25, 0.3) is 0 Å². The number of ether oxygens (including phenoxy) is 2. The lowest BCUT2D eigenvalue weighted by Crippen LogP contribution is -2.47. The zero-order valence-electron chi connectivity index (χ0n) is 28.4. The molecule has 0 heterocycles. The number of alkyl carbamates (subject to hydrolysis) is 2. The number of nitrogens with zero attached hydrogens (tertiary/aromatic N) is 2. The van der Waals surface area contributed by atoms with E-state index in [1.54, 1.807) is 48.5 Å². The summed E-state index contributed by atoms with van der Waals surface area (Å²) in [6.07, 6.45) is 13.0. The third kappa shape index (κ3) is 23.7. The summed E-state index contributed by atoms with van der Waals surface area (Å²) in [5.41, 5.74) is -1.41. The highest BCUT2D eigenvalue weighted by atomic mass is 32.2. The predicted octanol–water partition coefficient (Wildman–Crippen LogP) is 7.92. The second-order valence-corrected chi connectivity index (χ2v) is 14.5. The summed E-state index contributed by atoms with van der Waals surface area (Å²) in [5, 5.41) is 4.69. The first-order valence-corrected chi connectivity index (χ1v) is 17.0. The summed E-state index contributed by atoms with van der Waals surface area (Å²) >= 11 is 1.51. The van der Waals surface area contributed by atoms with Crippen LogP contribution in [0.2, 0.25) is 0 Å². The summed E-state index contributed by atoms with van der Waals surface area (Å²) < 4.78 is 10.6. The summed E-state index contributed by atoms with van der Waals surface area (Å²) in [5.74, 6) is 1.07. The number of carbonyl (C=O) groups excluding carboxylic acids is 3.